The summed E-state index contributed by atoms with van der Waals surface area (Å²) in [6, 6.07) is 0.502. The van der Waals surface area contributed by atoms with Crippen LogP contribution in [0.2, 0.25) is 0 Å². The summed E-state index contributed by atoms with van der Waals surface area (Å²) in [6.45, 7) is 5.92. The lowest BCUT2D eigenvalue weighted by Gasteiger charge is -2.26. The van der Waals surface area contributed by atoms with Gasteiger partial charge in [-0.3, -0.25) is 4.79 Å². The van der Waals surface area contributed by atoms with Crippen molar-refractivity contribution < 1.29 is 4.79 Å². The first-order valence-electron chi connectivity index (χ1n) is 5.65. The first-order valence-corrected chi connectivity index (χ1v) is 5.65. The fraction of sp³-hybridized carbons (Fsp3) is 0.909. The van der Waals surface area contributed by atoms with Gasteiger partial charge >= 0.3 is 0 Å². The van der Waals surface area contributed by atoms with E-state index in [0.29, 0.717) is 11.9 Å². The third-order valence-electron chi connectivity index (χ3n) is 3.06. The van der Waals surface area contributed by atoms with Gasteiger partial charge in [0.05, 0.1) is 0 Å². The highest BCUT2D eigenvalue weighted by molar-refractivity contribution is 5.79. The van der Waals surface area contributed by atoms with Gasteiger partial charge in [-0.25, -0.2) is 0 Å². The molecule has 1 saturated heterocycles. The van der Waals surface area contributed by atoms with Crippen molar-refractivity contribution in [2.75, 3.05) is 20.1 Å². The van der Waals surface area contributed by atoms with Crippen LogP contribution in [0, 0.1) is 5.92 Å². The lowest BCUT2D eigenvalue weighted by Crippen LogP contribution is -2.41. The zero-order chi connectivity index (χ0) is 10.6. The van der Waals surface area contributed by atoms with Gasteiger partial charge in [0.1, 0.15) is 0 Å². The molecule has 14 heavy (non-hydrogen) atoms. The Morgan fingerprint density at radius 2 is 2.36 bits per heavy atom. The highest BCUT2D eigenvalue weighted by Gasteiger charge is 2.29. The van der Waals surface area contributed by atoms with Crippen LogP contribution in [0.4, 0.5) is 0 Å². The molecule has 0 radical (unpaired) electrons. The fourth-order valence-corrected chi connectivity index (χ4v) is 2.23. The molecule has 0 aliphatic carbocycles. The average molecular weight is 198 g/mol. The second-order valence-electron chi connectivity index (χ2n) is 4.19. The van der Waals surface area contributed by atoms with Gasteiger partial charge in [0, 0.05) is 25.0 Å². The molecule has 3 heteroatoms. The maximum Gasteiger partial charge on any atom is 0.226 e. The van der Waals surface area contributed by atoms with Crippen molar-refractivity contribution in [2.45, 2.75) is 39.2 Å². The summed E-state index contributed by atoms with van der Waals surface area (Å²) in [4.78, 5) is 14.1. The Hall–Kier alpha value is -0.570. The van der Waals surface area contributed by atoms with E-state index in [-0.39, 0.29) is 5.92 Å². The van der Waals surface area contributed by atoms with Crippen LogP contribution >= 0.6 is 0 Å². The Morgan fingerprint density at radius 3 is 2.93 bits per heavy atom. The van der Waals surface area contributed by atoms with Crippen molar-refractivity contribution in [2.24, 2.45) is 5.92 Å². The van der Waals surface area contributed by atoms with E-state index in [9.17, 15) is 4.79 Å². The number of nitrogens with zero attached hydrogens (tertiary/aromatic N) is 1. The molecule has 2 unspecified atom stereocenters. The van der Waals surface area contributed by atoms with Crippen molar-refractivity contribution in [3.63, 3.8) is 0 Å². The predicted molar refractivity (Wildman–Crippen MR) is 58.1 cm³/mol. The Bertz CT molecular complexity index is 194. The third kappa shape index (κ3) is 2.47. The molecule has 1 aliphatic heterocycles. The standard InChI is InChI=1S/C11H22N2O/c1-4-10-6-5-7-13(10)11(14)9(2)8-12-3/h9-10,12H,4-8H2,1-3H3. The second kappa shape index (κ2) is 5.35. The van der Waals surface area contributed by atoms with E-state index in [0.717, 1.165) is 19.5 Å². The summed E-state index contributed by atoms with van der Waals surface area (Å²) in [5, 5.41) is 3.06. The summed E-state index contributed by atoms with van der Waals surface area (Å²) >= 11 is 0. The third-order valence-corrected chi connectivity index (χ3v) is 3.06. The number of nitrogens with one attached hydrogen (secondary N) is 1. The maximum absolute atomic E-state index is 12.0. The van der Waals surface area contributed by atoms with E-state index >= 15 is 0 Å². The molecule has 0 spiro atoms. The molecule has 1 fully saturated rings. The summed E-state index contributed by atoms with van der Waals surface area (Å²) in [5.74, 6) is 0.441. The minimum absolute atomic E-state index is 0.118. The van der Waals surface area contributed by atoms with Crippen LogP contribution in [0.3, 0.4) is 0 Å². The molecule has 1 amide bonds. The Morgan fingerprint density at radius 1 is 1.64 bits per heavy atom. The van der Waals surface area contributed by atoms with E-state index in [2.05, 4.69) is 17.1 Å². The van der Waals surface area contributed by atoms with Crippen molar-refractivity contribution in [3.05, 3.63) is 0 Å². The quantitative estimate of drug-likeness (QED) is 0.737. The van der Waals surface area contributed by atoms with E-state index in [1.54, 1.807) is 0 Å². The van der Waals surface area contributed by atoms with Crippen LogP contribution in [0.25, 0.3) is 0 Å². The monoisotopic (exact) mass is 198 g/mol. The molecule has 0 aromatic rings. The van der Waals surface area contributed by atoms with Gasteiger partial charge in [-0.2, -0.15) is 0 Å². The SMILES string of the molecule is CCC1CCCN1C(=O)C(C)CNC. The summed E-state index contributed by atoms with van der Waals surface area (Å²) < 4.78 is 0. The first-order chi connectivity index (χ1) is 6.70. The minimum atomic E-state index is 0.118. The Balaban J connectivity index is 2.50. The van der Waals surface area contributed by atoms with Crippen molar-refractivity contribution in [3.8, 4) is 0 Å². The van der Waals surface area contributed by atoms with Crippen LogP contribution in [-0.4, -0.2) is 37.0 Å². The smallest absolute Gasteiger partial charge is 0.226 e. The highest BCUT2D eigenvalue weighted by Crippen LogP contribution is 2.21. The van der Waals surface area contributed by atoms with E-state index < -0.39 is 0 Å². The molecular formula is C11H22N2O. The van der Waals surface area contributed by atoms with Crippen molar-refractivity contribution in [1.82, 2.24) is 10.2 Å². The largest absolute Gasteiger partial charge is 0.339 e. The molecule has 1 aliphatic rings. The zero-order valence-corrected chi connectivity index (χ0v) is 9.55. The van der Waals surface area contributed by atoms with Crippen LogP contribution in [0.15, 0.2) is 0 Å². The number of likely N-dealkylation sites (tertiary alicyclic amines) is 1. The molecule has 0 saturated carbocycles. The van der Waals surface area contributed by atoms with Crippen LogP contribution in [0.1, 0.15) is 33.1 Å². The number of amides is 1. The second-order valence-corrected chi connectivity index (χ2v) is 4.19. The Kier molecular flexibility index (Phi) is 4.39. The molecule has 0 bridgehead atoms. The molecule has 2 atom stereocenters. The molecule has 0 aromatic heterocycles. The van der Waals surface area contributed by atoms with Crippen LogP contribution in [0.5, 0.6) is 0 Å². The average Bonchev–Trinajstić information content (AvgIpc) is 2.64. The molecule has 82 valence electrons. The summed E-state index contributed by atoms with van der Waals surface area (Å²) in [5.41, 5.74) is 0. The van der Waals surface area contributed by atoms with Crippen LogP contribution in [-0.2, 0) is 4.79 Å². The van der Waals surface area contributed by atoms with Crippen molar-refractivity contribution >= 4 is 5.91 Å². The number of hydrogen-bond acceptors (Lipinski definition) is 2. The highest BCUT2D eigenvalue weighted by atomic mass is 16.2. The summed E-state index contributed by atoms with van der Waals surface area (Å²) in [6.07, 6.45) is 3.46. The van der Waals surface area contributed by atoms with E-state index in [1.807, 2.05) is 14.0 Å². The van der Waals surface area contributed by atoms with Gasteiger partial charge in [-0.05, 0) is 26.3 Å². The van der Waals surface area contributed by atoms with Crippen LogP contribution < -0.4 is 5.32 Å². The first kappa shape index (κ1) is 11.5. The number of carbonyl (C=O) groups is 1. The van der Waals surface area contributed by atoms with Gasteiger partial charge in [-0.1, -0.05) is 13.8 Å². The fourth-order valence-electron chi connectivity index (χ4n) is 2.23. The van der Waals surface area contributed by atoms with Gasteiger partial charge in [0.15, 0.2) is 0 Å². The molecule has 1 rings (SSSR count). The van der Waals surface area contributed by atoms with Gasteiger partial charge < -0.3 is 10.2 Å². The molecular weight excluding hydrogens is 176 g/mol. The molecule has 3 nitrogen and oxygen atoms in total. The molecule has 0 aromatic carbocycles. The van der Waals surface area contributed by atoms with E-state index in [4.69, 9.17) is 0 Å². The van der Waals surface area contributed by atoms with Gasteiger partial charge in [0.2, 0.25) is 5.91 Å². The normalized spacial score (nSPS) is 23.9. The topological polar surface area (TPSA) is 32.3 Å². The number of carbonyl (C=O) groups excluding carboxylic acids is 1. The maximum atomic E-state index is 12.0. The van der Waals surface area contributed by atoms with Crippen molar-refractivity contribution in [1.29, 1.82) is 0 Å². The minimum Gasteiger partial charge on any atom is -0.339 e. The lowest BCUT2D eigenvalue weighted by atomic mass is 10.1. The number of hydrogen-bond donors (Lipinski definition) is 1. The molecule has 1 N–H and O–H groups in total. The Labute approximate surface area is 86.9 Å². The van der Waals surface area contributed by atoms with E-state index in [1.165, 1.54) is 12.8 Å². The summed E-state index contributed by atoms with van der Waals surface area (Å²) in [7, 11) is 1.89. The lowest BCUT2D eigenvalue weighted by molar-refractivity contribution is -0.135. The predicted octanol–water partition coefficient (Wildman–Crippen LogP) is 1.24. The number of rotatable bonds is 4. The zero-order valence-electron chi connectivity index (χ0n) is 9.55. The molecule has 1 heterocycles. The van der Waals surface area contributed by atoms with Gasteiger partial charge in [0.25, 0.3) is 0 Å². The van der Waals surface area contributed by atoms with Gasteiger partial charge in [-0.15, -0.1) is 0 Å².